The van der Waals surface area contributed by atoms with Crippen LogP contribution in [0.4, 0.5) is 23.2 Å². The van der Waals surface area contributed by atoms with Crippen LogP contribution in [-0.4, -0.2) is 23.2 Å². The van der Waals surface area contributed by atoms with Crippen LogP contribution in [0.3, 0.4) is 0 Å². The Morgan fingerprint density at radius 2 is 1.75 bits per heavy atom. The number of aliphatic carboxylic acids is 1. The standard InChI is InChI=1S/C22H19Cl2F4NO3/c1-11(22(26,27)28)18(13-3-5-14(23)16(25)9-13)19(30)29-17-8-12(2-4-15(17)24)10-21(6-7-21)20(31)32/h2-5,8-9,11,18H,6-7,10H2,1H3,(H,29,30)(H,31,32)/t11-,18?/m1/s1. The molecule has 3 rings (SSSR count). The average molecular weight is 492 g/mol. The summed E-state index contributed by atoms with van der Waals surface area (Å²) in [4.78, 5) is 24.4. The van der Waals surface area contributed by atoms with Crippen molar-refractivity contribution in [2.24, 2.45) is 11.3 Å². The second-order valence-electron chi connectivity index (χ2n) is 8.05. The Morgan fingerprint density at radius 3 is 2.28 bits per heavy atom. The molecule has 1 fully saturated rings. The molecule has 1 saturated carbocycles. The molecule has 1 aliphatic rings. The van der Waals surface area contributed by atoms with Crippen LogP contribution in [0, 0.1) is 17.2 Å². The molecule has 2 aromatic carbocycles. The van der Waals surface area contributed by atoms with E-state index in [1.165, 1.54) is 18.2 Å². The third-order valence-electron chi connectivity index (χ3n) is 5.74. The van der Waals surface area contributed by atoms with Crippen molar-refractivity contribution in [3.05, 3.63) is 63.4 Å². The molecular formula is C22H19Cl2F4NO3. The van der Waals surface area contributed by atoms with E-state index in [0.29, 0.717) is 18.4 Å². The van der Waals surface area contributed by atoms with Gasteiger partial charge in [0.25, 0.3) is 0 Å². The van der Waals surface area contributed by atoms with Gasteiger partial charge in [0, 0.05) is 0 Å². The number of carbonyl (C=O) groups excluding carboxylic acids is 1. The number of alkyl halides is 3. The number of carboxylic acid groups (broad SMARTS) is 1. The number of nitrogens with one attached hydrogen (secondary N) is 1. The van der Waals surface area contributed by atoms with Crippen molar-refractivity contribution in [3.8, 4) is 0 Å². The smallest absolute Gasteiger partial charge is 0.392 e. The molecule has 0 bridgehead atoms. The number of carbonyl (C=O) groups is 2. The maximum absolute atomic E-state index is 13.9. The number of anilines is 1. The Morgan fingerprint density at radius 1 is 1.12 bits per heavy atom. The van der Waals surface area contributed by atoms with Gasteiger partial charge in [-0.15, -0.1) is 0 Å². The molecule has 0 aliphatic heterocycles. The van der Waals surface area contributed by atoms with E-state index < -0.39 is 41.1 Å². The number of amides is 1. The van der Waals surface area contributed by atoms with Crippen molar-refractivity contribution < 1.29 is 32.3 Å². The van der Waals surface area contributed by atoms with Gasteiger partial charge in [0.2, 0.25) is 5.91 Å². The second-order valence-corrected chi connectivity index (χ2v) is 8.86. The summed E-state index contributed by atoms with van der Waals surface area (Å²) in [6, 6.07) is 7.54. The molecule has 2 atom stereocenters. The second kappa shape index (κ2) is 8.90. The maximum Gasteiger partial charge on any atom is 0.392 e. The Kier molecular flexibility index (Phi) is 6.77. The zero-order valence-corrected chi connectivity index (χ0v) is 18.3. The molecule has 10 heteroatoms. The van der Waals surface area contributed by atoms with Crippen LogP contribution in [0.2, 0.25) is 10.0 Å². The van der Waals surface area contributed by atoms with E-state index in [0.717, 1.165) is 19.1 Å². The molecule has 0 heterocycles. The first-order chi connectivity index (χ1) is 14.8. The minimum Gasteiger partial charge on any atom is -0.481 e. The van der Waals surface area contributed by atoms with Crippen LogP contribution in [0.15, 0.2) is 36.4 Å². The molecule has 0 saturated heterocycles. The van der Waals surface area contributed by atoms with Crippen LogP contribution in [0.5, 0.6) is 0 Å². The predicted octanol–water partition coefficient (Wildman–Crippen LogP) is 6.46. The molecule has 2 N–H and O–H groups in total. The summed E-state index contributed by atoms with van der Waals surface area (Å²) in [5.41, 5.74) is -0.445. The van der Waals surface area contributed by atoms with E-state index in [9.17, 15) is 32.3 Å². The van der Waals surface area contributed by atoms with Crippen molar-refractivity contribution in [2.45, 2.75) is 38.3 Å². The first-order valence-corrected chi connectivity index (χ1v) is 10.4. The van der Waals surface area contributed by atoms with Crippen LogP contribution in [0.1, 0.15) is 36.8 Å². The number of halogens is 6. The fourth-order valence-electron chi connectivity index (χ4n) is 3.56. The fourth-order valence-corrected chi connectivity index (χ4v) is 3.84. The Labute approximate surface area is 191 Å². The van der Waals surface area contributed by atoms with E-state index in [4.69, 9.17) is 23.2 Å². The monoisotopic (exact) mass is 491 g/mol. The molecule has 0 radical (unpaired) electrons. The molecule has 1 aliphatic carbocycles. The Bertz CT molecular complexity index is 1050. The molecule has 1 amide bonds. The number of hydrogen-bond acceptors (Lipinski definition) is 2. The minimum atomic E-state index is -4.73. The lowest BCUT2D eigenvalue weighted by molar-refractivity contribution is -0.178. The van der Waals surface area contributed by atoms with Gasteiger partial charge >= 0.3 is 12.1 Å². The molecule has 2 aromatic rings. The van der Waals surface area contributed by atoms with Gasteiger partial charge in [-0.25, -0.2) is 4.39 Å². The Balaban J connectivity index is 1.91. The maximum atomic E-state index is 13.9. The highest BCUT2D eigenvalue weighted by Gasteiger charge is 2.50. The molecule has 0 spiro atoms. The lowest BCUT2D eigenvalue weighted by atomic mass is 9.85. The summed E-state index contributed by atoms with van der Waals surface area (Å²) in [6.07, 6.45) is -3.50. The van der Waals surface area contributed by atoms with Gasteiger partial charge in [-0.05, 0) is 54.7 Å². The van der Waals surface area contributed by atoms with Gasteiger partial charge in [0.05, 0.1) is 33.0 Å². The lowest BCUT2D eigenvalue weighted by Crippen LogP contribution is -2.34. The van der Waals surface area contributed by atoms with Gasteiger partial charge in [0.1, 0.15) is 5.82 Å². The van der Waals surface area contributed by atoms with Crippen molar-refractivity contribution in [3.63, 3.8) is 0 Å². The number of hydrogen-bond donors (Lipinski definition) is 2. The van der Waals surface area contributed by atoms with E-state index in [-0.39, 0.29) is 27.7 Å². The topological polar surface area (TPSA) is 66.4 Å². The highest BCUT2D eigenvalue weighted by Crippen LogP contribution is 2.49. The van der Waals surface area contributed by atoms with Gasteiger partial charge < -0.3 is 10.4 Å². The summed E-state index contributed by atoms with van der Waals surface area (Å²) >= 11 is 11.8. The zero-order valence-electron chi connectivity index (χ0n) is 16.8. The molecular weight excluding hydrogens is 473 g/mol. The highest BCUT2D eigenvalue weighted by atomic mass is 35.5. The number of benzene rings is 2. The summed E-state index contributed by atoms with van der Waals surface area (Å²) in [6.45, 7) is 0.832. The van der Waals surface area contributed by atoms with Gasteiger partial charge in [-0.2, -0.15) is 13.2 Å². The van der Waals surface area contributed by atoms with Crippen LogP contribution in [0.25, 0.3) is 0 Å². The first-order valence-electron chi connectivity index (χ1n) is 9.68. The molecule has 172 valence electrons. The van der Waals surface area contributed by atoms with Crippen molar-refractivity contribution in [2.75, 3.05) is 5.32 Å². The van der Waals surface area contributed by atoms with Crippen LogP contribution < -0.4 is 5.32 Å². The summed E-state index contributed by atoms with van der Waals surface area (Å²) in [5, 5.41) is 11.6. The van der Waals surface area contributed by atoms with Crippen molar-refractivity contribution in [1.82, 2.24) is 0 Å². The molecule has 0 aromatic heterocycles. The van der Waals surface area contributed by atoms with E-state index >= 15 is 0 Å². The van der Waals surface area contributed by atoms with Crippen LogP contribution in [-0.2, 0) is 16.0 Å². The SMILES string of the molecule is C[C@H](C(C(=O)Nc1cc(CC2(C(=O)O)CC2)ccc1Cl)c1ccc(Cl)c(F)c1)C(F)(F)F. The van der Waals surface area contributed by atoms with E-state index in [2.05, 4.69) is 5.32 Å². The van der Waals surface area contributed by atoms with Crippen molar-refractivity contribution in [1.29, 1.82) is 0 Å². The van der Waals surface area contributed by atoms with Gasteiger partial charge in [0.15, 0.2) is 0 Å². The largest absolute Gasteiger partial charge is 0.481 e. The van der Waals surface area contributed by atoms with E-state index in [1.807, 2.05) is 0 Å². The van der Waals surface area contributed by atoms with Crippen molar-refractivity contribution >= 4 is 40.8 Å². The van der Waals surface area contributed by atoms with Gasteiger partial charge in [-0.1, -0.05) is 42.3 Å². The first kappa shape index (κ1) is 24.3. The Hall–Kier alpha value is -2.32. The summed E-state index contributed by atoms with van der Waals surface area (Å²) in [7, 11) is 0. The predicted molar refractivity (Wildman–Crippen MR) is 112 cm³/mol. The third kappa shape index (κ3) is 5.18. The molecule has 1 unspecified atom stereocenters. The van der Waals surface area contributed by atoms with Crippen LogP contribution >= 0.6 is 23.2 Å². The minimum absolute atomic E-state index is 0.0455. The average Bonchev–Trinajstić information content (AvgIpc) is 3.47. The molecule has 32 heavy (non-hydrogen) atoms. The number of rotatable bonds is 7. The van der Waals surface area contributed by atoms with E-state index in [1.54, 1.807) is 6.07 Å². The van der Waals surface area contributed by atoms with Gasteiger partial charge in [-0.3, -0.25) is 9.59 Å². The fraction of sp³-hybridized carbons (Fsp3) is 0.364. The lowest BCUT2D eigenvalue weighted by Gasteiger charge is -2.26. The highest BCUT2D eigenvalue weighted by molar-refractivity contribution is 6.33. The quantitative estimate of drug-likeness (QED) is 0.436. The third-order valence-corrected chi connectivity index (χ3v) is 6.38. The number of carboxylic acids is 1. The molecule has 4 nitrogen and oxygen atoms in total. The summed E-state index contributed by atoms with van der Waals surface area (Å²) in [5.74, 6) is -6.81. The summed E-state index contributed by atoms with van der Waals surface area (Å²) < 4.78 is 54.4. The zero-order chi connectivity index (χ0) is 23.8. The normalized spacial score (nSPS) is 16.8.